The van der Waals surface area contributed by atoms with E-state index in [1.807, 2.05) is 44.2 Å². The number of carbonyl (C=O) groups excluding carboxylic acids is 1. The van der Waals surface area contributed by atoms with Crippen molar-refractivity contribution in [2.75, 3.05) is 25.1 Å². The third kappa shape index (κ3) is 5.96. The van der Waals surface area contributed by atoms with E-state index in [0.29, 0.717) is 17.0 Å². The Hall–Kier alpha value is -4.57. The first-order valence-corrected chi connectivity index (χ1v) is 13.4. The maximum Gasteiger partial charge on any atom is 0.264 e. The zero-order valence-corrected chi connectivity index (χ0v) is 22.8. The molecule has 4 aromatic carbocycles. The zero-order chi connectivity index (χ0) is 28.2. The first-order valence-electron chi connectivity index (χ1n) is 12.0. The van der Waals surface area contributed by atoms with Crippen molar-refractivity contribution in [2.45, 2.75) is 18.7 Å². The number of hydrazone groups is 1. The minimum Gasteiger partial charge on any atom is -0.507 e. The van der Waals surface area contributed by atoms with Crippen molar-refractivity contribution >= 4 is 38.6 Å². The molecule has 10 heteroatoms. The van der Waals surface area contributed by atoms with Crippen LogP contribution in [0.15, 0.2) is 82.8 Å². The van der Waals surface area contributed by atoms with Crippen molar-refractivity contribution in [2.24, 2.45) is 5.10 Å². The third-order valence-corrected chi connectivity index (χ3v) is 7.83. The van der Waals surface area contributed by atoms with Crippen LogP contribution in [0.1, 0.15) is 16.7 Å². The van der Waals surface area contributed by atoms with Crippen LogP contribution in [-0.4, -0.2) is 46.4 Å². The van der Waals surface area contributed by atoms with Gasteiger partial charge in [-0.2, -0.15) is 5.10 Å². The lowest BCUT2D eigenvalue weighted by atomic mass is 10.0. The molecule has 0 aromatic heterocycles. The molecule has 1 amide bonds. The summed E-state index contributed by atoms with van der Waals surface area (Å²) in [5, 5.41) is 16.0. The van der Waals surface area contributed by atoms with Gasteiger partial charge in [0.1, 0.15) is 12.3 Å². The highest BCUT2D eigenvalue weighted by molar-refractivity contribution is 7.92. The number of hydrogen-bond acceptors (Lipinski definition) is 7. The van der Waals surface area contributed by atoms with Crippen LogP contribution in [0.4, 0.5) is 5.69 Å². The first kappa shape index (κ1) is 27.5. The lowest BCUT2D eigenvalue weighted by Crippen LogP contribution is -2.39. The summed E-state index contributed by atoms with van der Waals surface area (Å²) in [7, 11) is -1.34. The minimum absolute atomic E-state index is 0.000378. The number of phenols is 1. The number of carbonyl (C=O) groups is 1. The minimum atomic E-state index is -4.21. The van der Waals surface area contributed by atoms with Crippen molar-refractivity contribution in [3.63, 3.8) is 0 Å². The van der Waals surface area contributed by atoms with Gasteiger partial charge in [-0.3, -0.25) is 9.10 Å². The maximum atomic E-state index is 13.8. The SMILES string of the molecule is COc1ccc(S(=O)(=O)N(CC(=O)N/N=C\c2c(O)ccc3ccccc23)c2cc(C)cc(C)c2)cc1OC. The van der Waals surface area contributed by atoms with E-state index in [0.717, 1.165) is 26.2 Å². The van der Waals surface area contributed by atoms with Crippen molar-refractivity contribution in [3.05, 3.63) is 89.5 Å². The Morgan fingerprint density at radius 1 is 0.949 bits per heavy atom. The summed E-state index contributed by atoms with van der Waals surface area (Å²) in [6.07, 6.45) is 1.33. The lowest BCUT2D eigenvalue weighted by Gasteiger charge is -2.25. The van der Waals surface area contributed by atoms with Gasteiger partial charge in [-0.15, -0.1) is 0 Å². The Bertz CT molecular complexity index is 1650. The number of anilines is 1. The summed E-state index contributed by atoms with van der Waals surface area (Å²) < 4.78 is 39.2. The van der Waals surface area contributed by atoms with Crippen molar-refractivity contribution < 1.29 is 27.8 Å². The molecule has 39 heavy (non-hydrogen) atoms. The highest BCUT2D eigenvalue weighted by Gasteiger charge is 2.28. The molecule has 4 aromatic rings. The number of amides is 1. The van der Waals surface area contributed by atoms with Gasteiger partial charge in [-0.25, -0.2) is 13.8 Å². The number of nitrogens with one attached hydrogen (secondary N) is 1. The van der Waals surface area contributed by atoms with Crippen LogP contribution >= 0.6 is 0 Å². The summed E-state index contributed by atoms with van der Waals surface area (Å²) >= 11 is 0. The van der Waals surface area contributed by atoms with Crippen LogP contribution in [0, 0.1) is 13.8 Å². The molecule has 0 atom stereocenters. The normalized spacial score (nSPS) is 11.5. The van der Waals surface area contributed by atoms with Gasteiger partial charge in [-0.05, 0) is 66.1 Å². The van der Waals surface area contributed by atoms with Crippen molar-refractivity contribution in [3.8, 4) is 17.2 Å². The van der Waals surface area contributed by atoms with Crippen LogP contribution in [0.25, 0.3) is 10.8 Å². The van der Waals surface area contributed by atoms with Crippen LogP contribution in [0.2, 0.25) is 0 Å². The predicted molar refractivity (Wildman–Crippen MR) is 151 cm³/mol. The average Bonchev–Trinajstić information content (AvgIpc) is 2.91. The van der Waals surface area contributed by atoms with E-state index < -0.39 is 22.5 Å². The van der Waals surface area contributed by atoms with Crippen molar-refractivity contribution in [1.29, 1.82) is 0 Å². The average molecular weight is 548 g/mol. The second kappa shape index (κ2) is 11.4. The van der Waals surface area contributed by atoms with Crippen LogP contribution < -0.4 is 19.2 Å². The molecule has 9 nitrogen and oxygen atoms in total. The molecule has 0 bridgehead atoms. The quantitative estimate of drug-likeness (QED) is 0.235. The number of rotatable bonds is 9. The van der Waals surface area contributed by atoms with Gasteiger partial charge < -0.3 is 14.6 Å². The van der Waals surface area contributed by atoms with E-state index in [9.17, 15) is 18.3 Å². The number of ether oxygens (including phenoxy) is 2. The summed E-state index contributed by atoms with van der Waals surface area (Å²) in [6.45, 7) is 3.15. The fourth-order valence-electron chi connectivity index (χ4n) is 4.27. The number of nitrogens with zero attached hydrogens (tertiary/aromatic N) is 2. The van der Waals surface area contributed by atoms with Crippen LogP contribution in [0.3, 0.4) is 0 Å². The van der Waals surface area contributed by atoms with Gasteiger partial charge in [-0.1, -0.05) is 36.4 Å². The third-order valence-electron chi connectivity index (χ3n) is 6.06. The number of phenolic OH excluding ortho intramolecular Hbond substituents is 1. The number of fused-ring (bicyclic) bond motifs is 1. The predicted octanol–water partition coefficient (Wildman–Crippen LogP) is 4.53. The molecule has 0 saturated heterocycles. The largest absolute Gasteiger partial charge is 0.507 e. The fourth-order valence-corrected chi connectivity index (χ4v) is 5.69. The van der Waals surface area contributed by atoms with Gasteiger partial charge in [0, 0.05) is 11.6 Å². The van der Waals surface area contributed by atoms with E-state index in [2.05, 4.69) is 10.5 Å². The maximum absolute atomic E-state index is 13.8. The number of hydrogen-bond donors (Lipinski definition) is 2. The van der Waals surface area contributed by atoms with Gasteiger partial charge in [0.05, 0.1) is 31.0 Å². The molecule has 202 valence electrons. The molecule has 0 aliphatic rings. The van der Waals surface area contributed by atoms with E-state index in [4.69, 9.17) is 9.47 Å². The molecular formula is C29H29N3O6S. The molecule has 0 fully saturated rings. The van der Waals surface area contributed by atoms with E-state index >= 15 is 0 Å². The number of aromatic hydroxyl groups is 1. The first-order chi connectivity index (χ1) is 18.6. The molecule has 0 aliphatic carbocycles. The lowest BCUT2D eigenvalue weighted by molar-refractivity contribution is -0.119. The Morgan fingerprint density at radius 3 is 2.33 bits per heavy atom. The molecule has 0 aliphatic heterocycles. The van der Waals surface area contributed by atoms with Gasteiger partial charge >= 0.3 is 0 Å². The highest BCUT2D eigenvalue weighted by atomic mass is 32.2. The summed E-state index contributed by atoms with van der Waals surface area (Å²) in [6, 6.07) is 20.3. The monoisotopic (exact) mass is 547 g/mol. The Labute approximate surface area is 227 Å². The zero-order valence-electron chi connectivity index (χ0n) is 22.0. The molecular weight excluding hydrogens is 518 g/mol. The Balaban J connectivity index is 1.66. The second-order valence-corrected chi connectivity index (χ2v) is 10.7. The van der Waals surface area contributed by atoms with E-state index in [-0.39, 0.29) is 16.4 Å². The highest BCUT2D eigenvalue weighted by Crippen LogP contribution is 2.33. The summed E-state index contributed by atoms with van der Waals surface area (Å²) in [5.74, 6) is -0.0603. The molecule has 0 radical (unpaired) electrons. The Morgan fingerprint density at radius 2 is 1.64 bits per heavy atom. The number of aryl methyl sites for hydroxylation is 2. The molecule has 0 heterocycles. The molecule has 4 rings (SSSR count). The van der Waals surface area contributed by atoms with E-state index in [1.165, 1.54) is 38.6 Å². The van der Waals surface area contributed by atoms with Gasteiger partial charge in [0.25, 0.3) is 15.9 Å². The van der Waals surface area contributed by atoms with Gasteiger partial charge in [0.15, 0.2) is 11.5 Å². The number of methoxy groups -OCH3 is 2. The smallest absolute Gasteiger partial charge is 0.264 e. The second-order valence-electron chi connectivity index (χ2n) is 8.89. The molecule has 0 saturated carbocycles. The van der Waals surface area contributed by atoms with Crippen LogP contribution in [-0.2, 0) is 14.8 Å². The number of benzene rings is 4. The fraction of sp³-hybridized carbons (Fsp3) is 0.172. The topological polar surface area (TPSA) is 118 Å². The molecule has 2 N–H and O–H groups in total. The summed E-state index contributed by atoms with van der Waals surface area (Å²) in [5.41, 5.74) is 4.81. The van der Waals surface area contributed by atoms with E-state index in [1.54, 1.807) is 24.3 Å². The summed E-state index contributed by atoms with van der Waals surface area (Å²) in [4.78, 5) is 12.9. The van der Waals surface area contributed by atoms with Gasteiger partial charge in [0.2, 0.25) is 0 Å². The van der Waals surface area contributed by atoms with Crippen molar-refractivity contribution in [1.82, 2.24) is 5.43 Å². The molecule has 0 spiro atoms. The van der Waals surface area contributed by atoms with Crippen LogP contribution in [0.5, 0.6) is 17.2 Å². The Kier molecular flexibility index (Phi) is 8.06. The molecule has 0 unspecified atom stereocenters. The number of sulfonamides is 1. The standard InChI is InChI=1S/C29H29N3O6S/c1-19-13-20(2)15-22(14-19)32(39(35,36)23-10-12-27(37-3)28(16-23)38-4)18-29(34)31-30-17-25-24-8-6-5-7-21(24)9-11-26(25)33/h5-17,33H,18H2,1-4H3,(H,31,34)/b30-17-.